The van der Waals surface area contributed by atoms with Gasteiger partial charge in [0.05, 0.1) is 0 Å². The fourth-order valence-electron chi connectivity index (χ4n) is 3.02. The van der Waals surface area contributed by atoms with Crippen molar-refractivity contribution in [2.45, 2.75) is 32.2 Å². The average Bonchev–Trinajstić information content (AvgIpc) is 2.54. The predicted molar refractivity (Wildman–Crippen MR) is 86.4 cm³/mol. The molecule has 1 fully saturated rings. The van der Waals surface area contributed by atoms with Crippen LogP contribution >= 0.6 is 0 Å². The first kappa shape index (κ1) is 16.0. The number of benzene rings is 1. The molecule has 0 aromatic heterocycles. The lowest BCUT2D eigenvalue weighted by atomic mass is 10.0. The van der Waals surface area contributed by atoms with E-state index >= 15 is 0 Å². The summed E-state index contributed by atoms with van der Waals surface area (Å²) in [5.74, 6) is 0.129. The number of nitrogens with zero attached hydrogens (tertiary/aromatic N) is 2. The Labute approximate surface area is 127 Å². The van der Waals surface area contributed by atoms with Crippen LogP contribution in [0.2, 0.25) is 0 Å². The second kappa shape index (κ2) is 7.57. The first-order valence-electron chi connectivity index (χ1n) is 7.94. The number of piperidine rings is 1. The van der Waals surface area contributed by atoms with Gasteiger partial charge in [0.1, 0.15) is 0 Å². The van der Waals surface area contributed by atoms with Gasteiger partial charge in [-0.1, -0.05) is 19.1 Å². The van der Waals surface area contributed by atoms with Gasteiger partial charge in [-0.25, -0.2) is 0 Å². The summed E-state index contributed by atoms with van der Waals surface area (Å²) >= 11 is 0. The molecule has 2 N–H and O–H groups in total. The molecule has 0 aliphatic carbocycles. The maximum Gasteiger partial charge on any atom is 0.253 e. The zero-order valence-electron chi connectivity index (χ0n) is 13.2. The number of amides is 1. The maximum atomic E-state index is 12.6. The van der Waals surface area contributed by atoms with Gasteiger partial charge in [-0.2, -0.15) is 0 Å². The highest BCUT2D eigenvalue weighted by atomic mass is 16.2. The SMILES string of the molecule is CCN1CCC(N(C)C(=O)c2cccc(CCN)c2)CC1. The number of hydrogen-bond acceptors (Lipinski definition) is 3. The van der Waals surface area contributed by atoms with Crippen LogP contribution in [0.25, 0.3) is 0 Å². The minimum atomic E-state index is 0.129. The third-order valence-electron chi connectivity index (χ3n) is 4.48. The Bertz CT molecular complexity index is 467. The van der Waals surface area contributed by atoms with Crippen LogP contribution in [0, 0.1) is 0 Å². The van der Waals surface area contributed by atoms with Crippen LogP contribution in [-0.4, -0.2) is 55.0 Å². The molecule has 4 nitrogen and oxygen atoms in total. The van der Waals surface area contributed by atoms with Crippen LogP contribution in [0.15, 0.2) is 24.3 Å². The Kier molecular flexibility index (Phi) is 5.76. The van der Waals surface area contributed by atoms with E-state index in [1.165, 1.54) is 0 Å². The number of rotatable bonds is 5. The lowest BCUT2D eigenvalue weighted by Crippen LogP contribution is -2.45. The topological polar surface area (TPSA) is 49.6 Å². The summed E-state index contributed by atoms with van der Waals surface area (Å²) in [4.78, 5) is 17.0. The molecule has 1 aromatic rings. The highest BCUT2D eigenvalue weighted by Crippen LogP contribution is 2.18. The first-order chi connectivity index (χ1) is 10.2. The van der Waals surface area contributed by atoms with Crippen molar-refractivity contribution >= 4 is 5.91 Å². The third-order valence-corrected chi connectivity index (χ3v) is 4.48. The minimum absolute atomic E-state index is 0.129. The van der Waals surface area contributed by atoms with E-state index in [0.717, 1.165) is 50.0 Å². The van der Waals surface area contributed by atoms with Crippen molar-refractivity contribution in [1.82, 2.24) is 9.80 Å². The van der Waals surface area contributed by atoms with Crippen molar-refractivity contribution in [3.8, 4) is 0 Å². The van der Waals surface area contributed by atoms with Crippen LogP contribution in [-0.2, 0) is 6.42 Å². The number of likely N-dealkylation sites (tertiary alicyclic amines) is 1. The summed E-state index contributed by atoms with van der Waals surface area (Å²) in [6.45, 7) is 6.09. The monoisotopic (exact) mass is 289 g/mol. The Balaban J connectivity index is 2.00. The lowest BCUT2D eigenvalue weighted by Gasteiger charge is -2.36. The molecule has 0 radical (unpaired) electrons. The van der Waals surface area contributed by atoms with Gasteiger partial charge in [-0.3, -0.25) is 4.79 Å². The summed E-state index contributed by atoms with van der Waals surface area (Å²) in [6.07, 6.45) is 2.96. The highest BCUT2D eigenvalue weighted by molar-refractivity contribution is 5.94. The van der Waals surface area contributed by atoms with Crippen molar-refractivity contribution in [3.63, 3.8) is 0 Å². The van der Waals surface area contributed by atoms with Gasteiger partial charge in [0.25, 0.3) is 5.91 Å². The van der Waals surface area contributed by atoms with Gasteiger partial charge in [-0.05, 0) is 50.0 Å². The van der Waals surface area contributed by atoms with E-state index in [1.54, 1.807) is 0 Å². The lowest BCUT2D eigenvalue weighted by molar-refractivity contribution is 0.0646. The number of carbonyl (C=O) groups excluding carboxylic acids is 1. The molecule has 1 aromatic carbocycles. The quantitative estimate of drug-likeness (QED) is 0.898. The van der Waals surface area contributed by atoms with Gasteiger partial charge in [-0.15, -0.1) is 0 Å². The molecule has 1 heterocycles. The Morgan fingerprint density at radius 1 is 1.38 bits per heavy atom. The molecular weight excluding hydrogens is 262 g/mol. The summed E-state index contributed by atoms with van der Waals surface area (Å²) in [7, 11) is 1.93. The van der Waals surface area contributed by atoms with E-state index in [9.17, 15) is 4.79 Å². The standard InChI is InChI=1S/C17H27N3O/c1-3-20-11-8-16(9-12-20)19(2)17(21)15-6-4-5-14(13-15)7-10-18/h4-6,13,16H,3,7-12,18H2,1-2H3. The molecule has 0 unspecified atom stereocenters. The highest BCUT2D eigenvalue weighted by Gasteiger charge is 2.25. The van der Waals surface area contributed by atoms with Crippen LogP contribution in [0.1, 0.15) is 35.7 Å². The molecular formula is C17H27N3O. The van der Waals surface area contributed by atoms with E-state index in [-0.39, 0.29) is 5.91 Å². The van der Waals surface area contributed by atoms with Crippen molar-refractivity contribution in [1.29, 1.82) is 0 Å². The molecule has 0 bridgehead atoms. The van der Waals surface area contributed by atoms with Gasteiger partial charge in [0, 0.05) is 31.7 Å². The summed E-state index contributed by atoms with van der Waals surface area (Å²) in [5.41, 5.74) is 7.51. The molecule has 0 atom stereocenters. The largest absolute Gasteiger partial charge is 0.339 e. The second-order valence-corrected chi connectivity index (χ2v) is 5.82. The van der Waals surface area contributed by atoms with E-state index in [1.807, 2.05) is 36.2 Å². The zero-order chi connectivity index (χ0) is 15.2. The summed E-state index contributed by atoms with van der Waals surface area (Å²) < 4.78 is 0. The molecule has 1 saturated heterocycles. The fraction of sp³-hybridized carbons (Fsp3) is 0.588. The van der Waals surface area contributed by atoms with E-state index in [4.69, 9.17) is 5.73 Å². The minimum Gasteiger partial charge on any atom is -0.339 e. The molecule has 1 aliphatic rings. The van der Waals surface area contributed by atoms with Gasteiger partial charge < -0.3 is 15.5 Å². The summed E-state index contributed by atoms with van der Waals surface area (Å²) in [5, 5.41) is 0. The molecule has 4 heteroatoms. The predicted octanol–water partition coefficient (Wildman–Crippen LogP) is 1.74. The van der Waals surface area contributed by atoms with Crippen molar-refractivity contribution in [3.05, 3.63) is 35.4 Å². The fourth-order valence-corrected chi connectivity index (χ4v) is 3.02. The molecule has 2 rings (SSSR count). The molecule has 0 spiro atoms. The number of carbonyl (C=O) groups is 1. The normalized spacial score (nSPS) is 16.9. The van der Waals surface area contributed by atoms with E-state index in [0.29, 0.717) is 12.6 Å². The number of hydrogen-bond donors (Lipinski definition) is 1. The van der Waals surface area contributed by atoms with Crippen molar-refractivity contribution < 1.29 is 4.79 Å². The molecule has 1 aliphatic heterocycles. The molecule has 116 valence electrons. The third kappa shape index (κ3) is 4.05. The number of nitrogens with two attached hydrogens (primary N) is 1. The van der Waals surface area contributed by atoms with E-state index < -0.39 is 0 Å². The first-order valence-corrected chi connectivity index (χ1v) is 7.94. The Hall–Kier alpha value is -1.39. The average molecular weight is 289 g/mol. The van der Waals surface area contributed by atoms with Crippen molar-refractivity contribution in [2.24, 2.45) is 5.73 Å². The second-order valence-electron chi connectivity index (χ2n) is 5.82. The molecule has 0 saturated carbocycles. The molecule has 1 amide bonds. The zero-order valence-corrected chi connectivity index (χ0v) is 13.2. The van der Waals surface area contributed by atoms with Gasteiger partial charge in [0.2, 0.25) is 0 Å². The van der Waals surface area contributed by atoms with Gasteiger partial charge >= 0.3 is 0 Å². The van der Waals surface area contributed by atoms with E-state index in [2.05, 4.69) is 11.8 Å². The van der Waals surface area contributed by atoms with Crippen LogP contribution in [0.3, 0.4) is 0 Å². The summed E-state index contributed by atoms with van der Waals surface area (Å²) in [6, 6.07) is 8.22. The Morgan fingerprint density at radius 2 is 2.10 bits per heavy atom. The molecule has 21 heavy (non-hydrogen) atoms. The van der Waals surface area contributed by atoms with Crippen molar-refractivity contribution in [2.75, 3.05) is 33.2 Å². The maximum absolute atomic E-state index is 12.6. The van der Waals surface area contributed by atoms with Crippen LogP contribution in [0.5, 0.6) is 0 Å². The smallest absolute Gasteiger partial charge is 0.253 e. The van der Waals surface area contributed by atoms with Crippen LogP contribution in [0.4, 0.5) is 0 Å². The Morgan fingerprint density at radius 3 is 2.71 bits per heavy atom. The van der Waals surface area contributed by atoms with Crippen LogP contribution < -0.4 is 5.73 Å². The van der Waals surface area contributed by atoms with Gasteiger partial charge in [0.15, 0.2) is 0 Å².